The zero-order valence-electron chi connectivity index (χ0n) is 6.35. The number of hydrogen-bond acceptors (Lipinski definition) is 2. The predicted molar refractivity (Wildman–Crippen MR) is 47.2 cm³/mol. The third-order valence-corrected chi connectivity index (χ3v) is 1.99. The van der Waals surface area contributed by atoms with Gasteiger partial charge in [-0.3, -0.25) is 0 Å². The van der Waals surface area contributed by atoms with Crippen molar-refractivity contribution < 1.29 is 8.78 Å². The fourth-order valence-electron chi connectivity index (χ4n) is 0.807. The number of rotatable bonds is 2. The van der Waals surface area contributed by atoms with Crippen molar-refractivity contribution in [2.45, 2.75) is 12.5 Å². The highest BCUT2D eigenvalue weighted by molar-refractivity contribution is 6.32. The first-order valence-corrected chi connectivity index (χ1v) is 4.13. The summed E-state index contributed by atoms with van der Waals surface area (Å²) in [6.45, 7) is 0. The third kappa shape index (κ3) is 2.49. The number of alkyl halides is 2. The summed E-state index contributed by atoms with van der Waals surface area (Å²) in [5, 5.41) is 0.0653. The molecule has 0 aliphatic carbocycles. The molecule has 13 heavy (non-hydrogen) atoms. The predicted octanol–water partition coefficient (Wildman–Crippen LogP) is 2.65. The van der Waals surface area contributed by atoms with E-state index in [1.165, 1.54) is 12.1 Å². The van der Waals surface area contributed by atoms with E-state index in [2.05, 4.69) is 4.98 Å². The molecule has 0 spiro atoms. The molecule has 72 valence electrons. The van der Waals surface area contributed by atoms with Crippen molar-refractivity contribution in [3.8, 4) is 0 Å². The van der Waals surface area contributed by atoms with E-state index >= 15 is 0 Å². The zero-order valence-corrected chi connectivity index (χ0v) is 7.86. The second-order valence-corrected chi connectivity index (χ2v) is 3.12. The first kappa shape index (κ1) is 10.6. The molecule has 1 aromatic heterocycles. The number of halogens is 4. The van der Waals surface area contributed by atoms with Crippen LogP contribution >= 0.6 is 23.2 Å². The van der Waals surface area contributed by atoms with Gasteiger partial charge in [-0.15, -0.1) is 0 Å². The Morgan fingerprint density at radius 3 is 2.38 bits per heavy atom. The highest BCUT2D eigenvalue weighted by atomic mass is 35.5. The number of nitrogens with two attached hydrogens (primary N) is 1. The summed E-state index contributed by atoms with van der Waals surface area (Å²) >= 11 is 11.0. The van der Waals surface area contributed by atoms with E-state index in [1.807, 2.05) is 0 Å². The number of pyridine rings is 1. The van der Waals surface area contributed by atoms with Crippen molar-refractivity contribution in [3.05, 3.63) is 28.0 Å². The molecule has 0 aliphatic rings. The largest absolute Gasteiger partial charge is 0.319 e. The van der Waals surface area contributed by atoms with Gasteiger partial charge < -0.3 is 5.73 Å². The lowest BCUT2D eigenvalue weighted by Gasteiger charge is -2.11. The minimum absolute atomic E-state index is 0.0831. The van der Waals surface area contributed by atoms with Gasteiger partial charge in [-0.2, -0.15) is 0 Å². The molecule has 0 saturated heterocycles. The average Bonchev–Trinajstić information content (AvgIpc) is 2.03. The lowest BCUT2D eigenvalue weighted by atomic mass is 10.1. The van der Waals surface area contributed by atoms with E-state index < -0.39 is 12.5 Å². The normalized spacial score (nSPS) is 13.4. The van der Waals surface area contributed by atoms with Gasteiger partial charge in [-0.25, -0.2) is 13.8 Å². The van der Waals surface area contributed by atoms with Crippen LogP contribution in [-0.4, -0.2) is 11.4 Å². The van der Waals surface area contributed by atoms with Gasteiger partial charge in [0.25, 0.3) is 6.43 Å². The maximum atomic E-state index is 12.2. The topological polar surface area (TPSA) is 38.9 Å². The van der Waals surface area contributed by atoms with E-state index in [0.717, 1.165) is 0 Å². The maximum Gasteiger partial charge on any atom is 0.257 e. The molecule has 0 radical (unpaired) electrons. The molecular weight excluding hydrogens is 221 g/mol. The molecule has 0 fully saturated rings. The van der Waals surface area contributed by atoms with Crippen molar-refractivity contribution in [2.24, 2.45) is 5.73 Å². The van der Waals surface area contributed by atoms with Crippen molar-refractivity contribution in [2.75, 3.05) is 0 Å². The molecular formula is C7H6Cl2F2N2. The number of aromatic nitrogens is 1. The minimum Gasteiger partial charge on any atom is -0.319 e. The molecule has 2 nitrogen and oxygen atoms in total. The minimum atomic E-state index is -2.67. The first-order valence-electron chi connectivity index (χ1n) is 3.38. The molecule has 1 aromatic rings. The Balaban J connectivity index is 3.01. The van der Waals surface area contributed by atoms with Crippen LogP contribution in [-0.2, 0) is 0 Å². The Bertz CT molecular complexity index is 307. The zero-order chi connectivity index (χ0) is 10.0. The van der Waals surface area contributed by atoms with Crippen molar-refractivity contribution in [3.63, 3.8) is 0 Å². The van der Waals surface area contributed by atoms with Crippen LogP contribution in [0.5, 0.6) is 0 Å². The fraction of sp³-hybridized carbons (Fsp3) is 0.286. The van der Waals surface area contributed by atoms with E-state index in [0.29, 0.717) is 0 Å². The second-order valence-electron chi connectivity index (χ2n) is 2.37. The van der Waals surface area contributed by atoms with Gasteiger partial charge in [0.05, 0.1) is 6.04 Å². The Morgan fingerprint density at radius 1 is 1.31 bits per heavy atom. The summed E-state index contributed by atoms with van der Waals surface area (Å²) in [5.74, 6) is 0. The average molecular weight is 227 g/mol. The summed E-state index contributed by atoms with van der Waals surface area (Å²) in [7, 11) is 0. The van der Waals surface area contributed by atoms with Gasteiger partial charge in [-0.05, 0) is 6.07 Å². The van der Waals surface area contributed by atoms with Crippen LogP contribution in [0.15, 0.2) is 12.1 Å². The number of hydrogen-bond donors (Lipinski definition) is 1. The highest BCUT2D eigenvalue weighted by Crippen LogP contribution is 2.25. The summed E-state index contributed by atoms with van der Waals surface area (Å²) in [4.78, 5) is 3.59. The smallest absolute Gasteiger partial charge is 0.257 e. The molecule has 0 amide bonds. The van der Waals surface area contributed by atoms with Gasteiger partial charge >= 0.3 is 0 Å². The van der Waals surface area contributed by atoms with Gasteiger partial charge in [0.15, 0.2) is 0 Å². The second kappa shape index (κ2) is 4.17. The Labute approximate surface area is 83.7 Å². The quantitative estimate of drug-likeness (QED) is 0.788. The van der Waals surface area contributed by atoms with Gasteiger partial charge in [0.2, 0.25) is 0 Å². The summed E-state index contributed by atoms with van der Waals surface area (Å²) in [6.07, 6.45) is -2.67. The fourth-order valence-corrected chi connectivity index (χ4v) is 1.28. The van der Waals surface area contributed by atoms with E-state index in [-0.39, 0.29) is 15.9 Å². The number of nitrogens with zero attached hydrogens (tertiary/aromatic N) is 1. The molecule has 6 heteroatoms. The molecule has 1 heterocycles. The summed E-state index contributed by atoms with van der Waals surface area (Å²) < 4.78 is 24.3. The monoisotopic (exact) mass is 226 g/mol. The summed E-state index contributed by atoms with van der Waals surface area (Å²) in [6, 6.07) is 1.29. The molecule has 1 unspecified atom stereocenters. The Morgan fingerprint density at radius 2 is 1.92 bits per heavy atom. The molecule has 2 N–H and O–H groups in total. The molecule has 0 aliphatic heterocycles. The lowest BCUT2D eigenvalue weighted by Crippen LogP contribution is -2.19. The maximum absolute atomic E-state index is 12.2. The third-order valence-electron chi connectivity index (χ3n) is 1.47. The van der Waals surface area contributed by atoms with Crippen LogP contribution in [0.1, 0.15) is 11.6 Å². The standard InChI is InChI=1S/C7H6Cl2F2N2/c8-4-2-1-3(6(9)13-4)5(12)7(10)11/h1-2,5,7H,12H2. The first-order chi connectivity index (χ1) is 6.02. The van der Waals surface area contributed by atoms with Crippen LogP contribution in [0.3, 0.4) is 0 Å². The molecule has 0 aromatic carbocycles. The molecule has 0 saturated carbocycles. The SMILES string of the molecule is NC(c1ccc(Cl)nc1Cl)C(F)F. The Kier molecular flexibility index (Phi) is 3.41. The van der Waals surface area contributed by atoms with E-state index in [4.69, 9.17) is 28.9 Å². The van der Waals surface area contributed by atoms with Gasteiger partial charge in [0.1, 0.15) is 10.3 Å². The van der Waals surface area contributed by atoms with Crippen LogP contribution in [0.2, 0.25) is 10.3 Å². The summed E-state index contributed by atoms with van der Waals surface area (Å²) in [5.41, 5.74) is 5.27. The molecule has 0 bridgehead atoms. The van der Waals surface area contributed by atoms with Crippen molar-refractivity contribution in [1.82, 2.24) is 4.98 Å². The van der Waals surface area contributed by atoms with Gasteiger partial charge in [0, 0.05) is 5.56 Å². The van der Waals surface area contributed by atoms with Crippen molar-refractivity contribution in [1.29, 1.82) is 0 Å². The molecule has 1 atom stereocenters. The Hall–Kier alpha value is -0.450. The van der Waals surface area contributed by atoms with E-state index in [9.17, 15) is 8.78 Å². The van der Waals surface area contributed by atoms with Crippen LogP contribution in [0, 0.1) is 0 Å². The van der Waals surface area contributed by atoms with Gasteiger partial charge in [-0.1, -0.05) is 29.3 Å². The highest BCUT2D eigenvalue weighted by Gasteiger charge is 2.20. The van der Waals surface area contributed by atoms with Crippen LogP contribution in [0.4, 0.5) is 8.78 Å². The van der Waals surface area contributed by atoms with Crippen LogP contribution < -0.4 is 5.73 Å². The van der Waals surface area contributed by atoms with Crippen molar-refractivity contribution >= 4 is 23.2 Å². The van der Waals surface area contributed by atoms with Crippen LogP contribution in [0.25, 0.3) is 0 Å². The lowest BCUT2D eigenvalue weighted by molar-refractivity contribution is 0.116. The molecule has 1 rings (SSSR count). The van der Waals surface area contributed by atoms with E-state index in [1.54, 1.807) is 0 Å².